The smallest absolute Gasteiger partial charge is 0.0702 e. The van der Waals surface area contributed by atoms with Gasteiger partial charge in [-0.3, -0.25) is 9.97 Å². The summed E-state index contributed by atoms with van der Waals surface area (Å²) in [4.78, 5) is 9.13. The Kier molecular flexibility index (Phi) is 8.55. The molecular weight excluding hydrogens is 677 g/mol. The number of benzene rings is 8. The standard InChI is InChI=1S/C54H36N2/c1-3-14-37(15-4-1)45-32-46(38-16-5-2-6-17-38)34-47(33-45)40-26-27-50-51(35-40)54(43-21-12-19-41(31-43)52-25-9-10-29-56-52)49-24-8-7-23-48(49)53(50)42-20-11-18-39(30-42)44-22-13-28-55-36-44/h1-36H. The van der Waals surface area contributed by atoms with Gasteiger partial charge < -0.3 is 0 Å². The number of rotatable bonds is 7. The van der Waals surface area contributed by atoms with Crippen molar-refractivity contribution in [1.29, 1.82) is 0 Å². The molecule has 10 aromatic rings. The molecule has 0 saturated heterocycles. The number of hydrogen-bond donors (Lipinski definition) is 0. The van der Waals surface area contributed by atoms with Crippen LogP contribution in [0.15, 0.2) is 219 Å². The van der Waals surface area contributed by atoms with E-state index in [2.05, 4.69) is 187 Å². The molecule has 2 nitrogen and oxygen atoms in total. The highest BCUT2D eigenvalue weighted by molar-refractivity contribution is 6.22. The van der Waals surface area contributed by atoms with Crippen molar-refractivity contribution in [1.82, 2.24) is 9.97 Å². The number of fused-ring (bicyclic) bond motifs is 2. The van der Waals surface area contributed by atoms with Gasteiger partial charge in [0.2, 0.25) is 0 Å². The van der Waals surface area contributed by atoms with Crippen molar-refractivity contribution in [2.75, 3.05) is 0 Å². The first-order valence-corrected chi connectivity index (χ1v) is 19.0. The van der Waals surface area contributed by atoms with Crippen molar-refractivity contribution in [3.63, 3.8) is 0 Å². The van der Waals surface area contributed by atoms with Crippen LogP contribution in [0, 0.1) is 0 Å². The summed E-state index contributed by atoms with van der Waals surface area (Å²) in [5, 5.41) is 4.83. The van der Waals surface area contributed by atoms with E-state index in [0.29, 0.717) is 0 Å². The fourth-order valence-corrected chi connectivity index (χ4v) is 8.12. The zero-order valence-corrected chi connectivity index (χ0v) is 30.7. The van der Waals surface area contributed by atoms with E-state index in [-0.39, 0.29) is 0 Å². The van der Waals surface area contributed by atoms with E-state index in [1.54, 1.807) is 0 Å². The van der Waals surface area contributed by atoms with Gasteiger partial charge >= 0.3 is 0 Å². The summed E-state index contributed by atoms with van der Waals surface area (Å²) in [6, 6.07) is 72.2. The summed E-state index contributed by atoms with van der Waals surface area (Å²) in [5.74, 6) is 0. The van der Waals surface area contributed by atoms with Crippen LogP contribution in [-0.2, 0) is 0 Å². The van der Waals surface area contributed by atoms with Crippen LogP contribution in [0.3, 0.4) is 0 Å². The van der Waals surface area contributed by atoms with Gasteiger partial charge in [0, 0.05) is 29.7 Å². The maximum atomic E-state index is 4.71. The molecule has 0 atom stereocenters. The van der Waals surface area contributed by atoms with Crippen LogP contribution < -0.4 is 0 Å². The van der Waals surface area contributed by atoms with Crippen LogP contribution >= 0.6 is 0 Å². The molecule has 8 aromatic carbocycles. The Morgan fingerprint density at radius 2 is 0.732 bits per heavy atom. The molecule has 0 amide bonds. The van der Waals surface area contributed by atoms with Crippen molar-refractivity contribution in [3.8, 4) is 78.0 Å². The minimum atomic E-state index is 0.957. The largest absolute Gasteiger partial charge is 0.264 e. The predicted octanol–water partition coefficient (Wildman–Crippen LogP) is 14.5. The molecule has 2 heteroatoms. The molecule has 0 saturated carbocycles. The second-order valence-corrected chi connectivity index (χ2v) is 14.2. The summed E-state index contributed by atoms with van der Waals surface area (Å²) in [6.07, 6.45) is 5.62. The Labute approximate surface area is 327 Å². The topological polar surface area (TPSA) is 25.8 Å². The average molecular weight is 713 g/mol. The van der Waals surface area contributed by atoms with E-state index >= 15 is 0 Å². The summed E-state index contributed by atoms with van der Waals surface area (Å²) >= 11 is 0. The molecule has 0 aliphatic rings. The first kappa shape index (κ1) is 33.2. The van der Waals surface area contributed by atoms with Gasteiger partial charge in [0.05, 0.1) is 5.69 Å². The lowest BCUT2D eigenvalue weighted by Crippen LogP contribution is -1.93. The maximum Gasteiger partial charge on any atom is 0.0702 e. The van der Waals surface area contributed by atoms with E-state index in [9.17, 15) is 0 Å². The van der Waals surface area contributed by atoms with E-state index < -0.39 is 0 Å². The van der Waals surface area contributed by atoms with Gasteiger partial charge in [-0.15, -0.1) is 0 Å². The number of nitrogens with zero attached hydrogens (tertiary/aromatic N) is 2. The minimum Gasteiger partial charge on any atom is -0.264 e. The Bertz CT molecular complexity index is 2930. The third-order valence-electron chi connectivity index (χ3n) is 10.8. The fourth-order valence-electron chi connectivity index (χ4n) is 8.12. The Morgan fingerprint density at radius 1 is 0.250 bits per heavy atom. The molecule has 0 N–H and O–H groups in total. The lowest BCUT2D eigenvalue weighted by Gasteiger charge is -2.20. The van der Waals surface area contributed by atoms with E-state index in [4.69, 9.17) is 4.98 Å². The van der Waals surface area contributed by atoms with Crippen molar-refractivity contribution >= 4 is 21.5 Å². The van der Waals surface area contributed by atoms with Gasteiger partial charge in [0.15, 0.2) is 0 Å². The van der Waals surface area contributed by atoms with Crippen LogP contribution in [0.5, 0.6) is 0 Å². The summed E-state index contributed by atoms with van der Waals surface area (Å²) in [5.41, 5.74) is 16.2. The van der Waals surface area contributed by atoms with Crippen molar-refractivity contribution < 1.29 is 0 Å². The second-order valence-electron chi connectivity index (χ2n) is 14.2. The van der Waals surface area contributed by atoms with Crippen LogP contribution in [-0.4, -0.2) is 9.97 Å². The van der Waals surface area contributed by atoms with Gasteiger partial charge in [-0.2, -0.15) is 0 Å². The molecule has 0 radical (unpaired) electrons. The molecule has 0 aliphatic heterocycles. The van der Waals surface area contributed by atoms with E-state index in [1.807, 2.05) is 36.8 Å². The zero-order chi connectivity index (χ0) is 37.3. The monoisotopic (exact) mass is 712 g/mol. The third kappa shape index (κ3) is 6.24. The first-order valence-electron chi connectivity index (χ1n) is 19.0. The SMILES string of the molecule is c1ccc(-c2cc(-c3ccccc3)cc(-c3ccc4c(-c5cccc(-c6cccnc6)c5)c5ccccc5c(-c5cccc(-c6ccccn6)c5)c4c3)c2)cc1. The van der Waals surface area contributed by atoms with Crippen molar-refractivity contribution in [2.24, 2.45) is 0 Å². The normalized spacial score (nSPS) is 11.2. The van der Waals surface area contributed by atoms with E-state index in [1.165, 1.54) is 71.6 Å². The molecule has 0 fully saturated rings. The summed E-state index contributed by atoms with van der Waals surface area (Å²) in [6.45, 7) is 0. The van der Waals surface area contributed by atoms with Crippen LogP contribution in [0.1, 0.15) is 0 Å². The number of aromatic nitrogens is 2. The number of hydrogen-bond acceptors (Lipinski definition) is 2. The number of pyridine rings is 2. The lowest BCUT2D eigenvalue weighted by molar-refractivity contribution is 1.33. The van der Waals surface area contributed by atoms with Crippen LogP contribution in [0.2, 0.25) is 0 Å². The van der Waals surface area contributed by atoms with Gasteiger partial charge in [-0.1, -0.05) is 146 Å². The summed E-state index contributed by atoms with van der Waals surface area (Å²) < 4.78 is 0. The summed E-state index contributed by atoms with van der Waals surface area (Å²) in [7, 11) is 0. The average Bonchev–Trinajstić information content (AvgIpc) is 3.29. The molecule has 0 aliphatic carbocycles. The van der Waals surface area contributed by atoms with Gasteiger partial charge in [-0.25, -0.2) is 0 Å². The van der Waals surface area contributed by atoms with Crippen molar-refractivity contribution in [3.05, 3.63) is 219 Å². The fraction of sp³-hybridized carbons (Fsp3) is 0. The first-order chi connectivity index (χ1) is 27.8. The second kappa shape index (κ2) is 14.4. The lowest BCUT2D eigenvalue weighted by atomic mass is 9.83. The van der Waals surface area contributed by atoms with E-state index in [0.717, 1.165) is 27.9 Å². The molecule has 0 unspecified atom stereocenters. The van der Waals surface area contributed by atoms with Gasteiger partial charge in [0.25, 0.3) is 0 Å². The Balaban J connectivity index is 1.26. The highest BCUT2D eigenvalue weighted by atomic mass is 14.7. The zero-order valence-electron chi connectivity index (χ0n) is 30.7. The molecule has 2 aromatic heterocycles. The predicted molar refractivity (Wildman–Crippen MR) is 235 cm³/mol. The quantitative estimate of drug-likeness (QED) is 0.154. The van der Waals surface area contributed by atoms with Crippen LogP contribution in [0.25, 0.3) is 99.6 Å². The van der Waals surface area contributed by atoms with Crippen LogP contribution in [0.4, 0.5) is 0 Å². The Morgan fingerprint density at radius 3 is 1.36 bits per heavy atom. The molecular formula is C54H36N2. The molecule has 0 spiro atoms. The minimum absolute atomic E-state index is 0.957. The molecule has 56 heavy (non-hydrogen) atoms. The highest BCUT2D eigenvalue weighted by Crippen LogP contribution is 2.46. The third-order valence-corrected chi connectivity index (χ3v) is 10.8. The Hall–Kier alpha value is -7.42. The van der Waals surface area contributed by atoms with Gasteiger partial charge in [0.1, 0.15) is 0 Å². The molecule has 10 rings (SSSR count). The molecule has 2 heterocycles. The molecule has 262 valence electrons. The highest BCUT2D eigenvalue weighted by Gasteiger charge is 2.19. The molecule has 0 bridgehead atoms. The van der Waals surface area contributed by atoms with Crippen molar-refractivity contribution in [2.45, 2.75) is 0 Å². The maximum absolute atomic E-state index is 4.71. The van der Waals surface area contributed by atoms with Gasteiger partial charge in [-0.05, 0) is 137 Å².